The van der Waals surface area contributed by atoms with Crippen LogP contribution < -0.4 is 16.4 Å². The van der Waals surface area contributed by atoms with Crippen LogP contribution in [-0.2, 0) is 0 Å². The Bertz CT molecular complexity index is 116. The molecule has 66 valence electrons. The third-order valence-electron chi connectivity index (χ3n) is 1.04. The summed E-state index contributed by atoms with van der Waals surface area (Å²) in [6.45, 7) is 3.32. The minimum atomic E-state index is -0.524. The first-order valence-electron chi connectivity index (χ1n) is 3.55. The second-order valence-corrected chi connectivity index (χ2v) is 2.34. The molecule has 0 rings (SSSR count). The van der Waals surface area contributed by atoms with Gasteiger partial charge in [0.15, 0.2) is 0 Å². The number of primary amides is 1. The van der Waals surface area contributed by atoms with Crippen LogP contribution in [0.25, 0.3) is 0 Å². The Balaban J connectivity index is 2.97. The third-order valence-corrected chi connectivity index (χ3v) is 1.04. The molecule has 0 aliphatic carbocycles. The van der Waals surface area contributed by atoms with E-state index < -0.39 is 6.03 Å². The zero-order valence-electron chi connectivity index (χ0n) is 6.63. The van der Waals surface area contributed by atoms with Crippen LogP contribution in [0.4, 0.5) is 4.79 Å². The predicted molar refractivity (Wildman–Crippen MR) is 42.1 cm³/mol. The maximum absolute atomic E-state index is 10.1. The van der Waals surface area contributed by atoms with Crippen molar-refractivity contribution < 1.29 is 9.90 Å². The van der Waals surface area contributed by atoms with Crippen molar-refractivity contribution in [1.82, 2.24) is 10.6 Å². The monoisotopic (exact) mass is 161 g/mol. The highest BCUT2D eigenvalue weighted by Crippen LogP contribution is 1.72. The summed E-state index contributed by atoms with van der Waals surface area (Å²) in [6.07, 6.45) is -0.358. The molecule has 5 heteroatoms. The molecule has 0 unspecified atom stereocenters. The van der Waals surface area contributed by atoms with E-state index in [2.05, 4.69) is 10.6 Å². The Kier molecular flexibility index (Phi) is 5.50. The number of hydrogen-bond acceptors (Lipinski definition) is 3. The number of aliphatic hydroxyl groups is 1. The molecule has 0 aromatic rings. The zero-order valence-corrected chi connectivity index (χ0v) is 6.63. The van der Waals surface area contributed by atoms with Gasteiger partial charge in [0.25, 0.3) is 0 Å². The molecule has 0 bridgehead atoms. The Morgan fingerprint density at radius 3 is 2.73 bits per heavy atom. The fourth-order valence-corrected chi connectivity index (χ4v) is 0.585. The van der Waals surface area contributed by atoms with Crippen molar-refractivity contribution in [2.75, 3.05) is 19.6 Å². The molecule has 0 aromatic carbocycles. The summed E-state index contributed by atoms with van der Waals surface area (Å²) in [6, 6.07) is -0.524. The molecular weight excluding hydrogens is 146 g/mol. The van der Waals surface area contributed by atoms with Crippen molar-refractivity contribution in [3.05, 3.63) is 0 Å². The van der Waals surface area contributed by atoms with Gasteiger partial charge in [0.1, 0.15) is 0 Å². The number of urea groups is 1. The van der Waals surface area contributed by atoms with Crippen molar-refractivity contribution >= 4 is 6.03 Å². The molecule has 0 radical (unpaired) electrons. The van der Waals surface area contributed by atoms with E-state index in [9.17, 15) is 4.79 Å². The summed E-state index contributed by atoms with van der Waals surface area (Å²) >= 11 is 0. The number of rotatable bonds is 5. The molecule has 0 aliphatic rings. The summed E-state index contributed by atoms with van der Waals surface area (Å²) in [5.41, 5.74) is 4.81. The van der Waals surface area contributed by atoms with Crippen molar-refractivity contribution in [3.63, 3.8) is 0 Å². The number of nitrogens with one attached hydrogen (secondary N) is 2. The molecule has 0 saturated carbocycles. The lowest BCUT2D eigenvalue weighted by Crippen LogP contribution is -2.37. The number of carbonyl (C=O) groups is 1. The molecule has 0 aliphatic heterocycles. The van der Waals surface area contributed by atoms with E-state index in [1.807, 2.05) is 0 Å². The molecule has 0 saturated heterocycles. The van der Waals surface area contributed by atoms with Gasteiger partial charge in [0.05, 0.1) is 6.10 Å². The average molecular weight is 161 g/mol. The van der Waals surface area contributed by atoms with Crippen LogP contribution in [0.1, 0.15) is 6.92 Å². The maximum Gasteiger partial charge on any atom is 0.312 e. The van der Waals surface area contributed by atoms with E-state index in [-0.39, 0.29) is 6.10 Å². The number of amides is 2. The van der Waals surface area contributed by atoms with E-state index in [1.54, 1.807) is 6.92 Å². The van der Waals surface area contributed by atoms with Gasteiger partial charge >= 0.3 is 6.03 Å². The first-order valence-corrected chi connectivity index (χ1v) is 3.55. The van der Waals surface area contributed by atoms with Gasteiger partial charge in [0, 0.05) is 19.6 Å². The van der Waals surface area contributed by atoms with E-state index in [1.165, 1.54) is 0 Å². The molecule has 5 nitrogen and oxygen atoms in total. The van der Waals surface area contributed by atoms with Crippen LogP contribution in [0.5, 0.6) is 0 Å². The van der Waals surface area contributed by atoms with Crippen molar-refractivity contribution in [3.8, 4) is 0 Å². The van der Waals surface area contributed by atoms with Gasteiger partial charge in [-0.05, 0) is 6.92 Å². The Morgan fingerprint density at radius 1 is 1.64 bits per heavy atom. The topological polar surface area (TPSA) is 87.4 Å². The van der Waals surface area contributed by atoms with E-state index >= 15 is 0 Å². The predicted octanol–water partition coefficient (Wildman–Crippen LogP) is -1.37. The van der Waals surface area contributed by atoms with Gasteiger partial charge in [-0.25, -0.2) is 4.79 Å². The third kappa shape index (κ3) is 9.19. The summed E-state index contributed by atoms with van der Waals surface area (Å²) in [5.74, 6) is 0. The van der Waals surface area contributed by atoms with Crippen molar-refractivity contribution in [2.45, 2.75) is 13.0 Å². The van der Waals surface area contributed by atoms with Crippen LogP contribution in [0, 0.1) is 0 Å². The highest BCUT2D eigenvalue weighted by Gasteiger charge is 1.93. The van der Waals surface area contributed by atoms with Crippen molar-refractivity contribution in [2.24, 2.45) is 5.73 Å². The van der Waals surface area contributed by atoms with Gasteiger partial charge in [-0.2, -0.15) is 0 Å². The molecule has 1 atom stereocenters. The first-order chi connectivity index (χ1) is 5.13. The molecule has 11 heavy (non-hydrogen) atoms. The van der Waals surface area contributed by atoms with E-state index in [0.717, 1.165) is 0 Å². The van der Waals surface area contributed by atoms with Crippen LogP contribution in [0.15, 0.2) is 0 Å². The summed E-state index contributed by atoms with van der Waals surface area (Å²) in [4.78, 5) is 10.1. The van der Waals surface area contributed by atoms with E-state index in [0.29, 0.717) is 19.6 Å². The molecular formula is C6H15N3O2. The second-order valence-electron chi connectivity index (χ2n) is 2.34. The minimum Gasteiger partial charge on any atom is -0.392 e. The molecule has 0 fully saturated rings. The smallest absolute Gasteiger partial charge is 0.312 e. The molecule has 2 amide bonds. The maximum atomic E-state index is 10.1. The Hall–Kier alpha value is -0.810. The average Bonchev–Trinajstić information content (AvgIpc) is 1.85. The van der Waals surface area contributed by atoms with Crippen LogP contribution >= 0.6 is 0 Å². The largest absolute Gasteiger partial charge is 0.392 e. The fourth-order valence-electron chi connectivity index (χ4n) is 0.585. The Labute approximate surface area is 66.0 Å². The number of aliphatic hydroxyl groups excluding tert-OH is 1. The lowest BCUT2D eigenvalue weighted by molar-refractivity contribution is 0.191. The summed E-state index contributed by atoms with van der Waals surface area (Å²) < 4.78 is 0. The number of carbonyl (C=O) groups excluding carboxylic acids is 1. The highest BCUT2D eigenvalue weighted by atomic mass is 16.3. The van der Waals surface area contributed by atoms with Crippen LogP contribution in [-0.4, -0.2) is 36.9 Å². The summed E-state index contributed by atoms with van der Waals surface area (Å²) in [5, 5.41) is 14.1. The van der Waals surface area contributed by atoms with E-state index in [4.69, 9.17) is 10.8 Å². The fraction of sp³-hybridized carbons (Fsp3) is 0.833. The first kappa shape index (κ1) is 10.2. The highest BCUT2D eigenvalue weighted by molar-refractivity contribution is 5.71. The van der Waals surface area contributed by atoms with Crippen molar-refractivity contribution in [1.29, 1.82) is 0 Å². The van der Waals surface area contributed by atoms with Gasteiger partial charge < -0.3 is 21.5 Å². The molecule has 5 N–H and O–H groups in total. The minimum absolute atomic E-state index is 0.358. The second kappa shape index (κ2) is 5.94. The SMILES string of the molecule is C[C@@H](O)CNCCNC(N)=O. The van der Waals surface area contributed by atoms with Gasteiger partial charge in [-0.3, -0.25) is 0 Å². The lowest BCUT2D eigenvalue weighted by atomic mass is 10.4. The zero-order chi connectivity index (χ0) is 8.69. The molecule has 0 aromatic heterocycles. The van der Waals surface area contributed by atoms with Crippen LogP contribution in [0.3, 0.4) is 0 Å². The lowest BCUT2D eigenvalue weighted by Gasteiger charge is -2.06. The quantitative estimate of drug-likeness (QED) is 0.375. The number of hydrogen-bond donors (Lipinski definition) is 4. The Morgan fingerprint density at radius 2 is 2.27 bits per heavy atom. The molecule has 0 spiro atoms. The summed E-state index contributed by atoms with van der Waals surface area (Å²) in [7, 11) is 0. The van der Waals surface area contributed by atoms with Gasteiger partial charge in [-0.1, -0.05) is 0 Å². The molecule has 0 heterocycles. The van der Waals surface area contributed by atoms with Gasteiger partial charge in [0.2, 0.25) is 0 Å². The van der Waals surface area contributed by atoms with Gasteiger partial charge in [-0.15, -0.1) is 0 Å². The standard InChI is InChI=1S/C6H15N3O2/c1-5(10)4-8-2-3-9-6(7)11/h5,8,10H,2-4H2,1H3,(H3,7,9,11)/t5-/m1/s1. The normalized spacial score (nSPS) is 12.5. The van der Waals surface area contributed by atoms with Crippen LogP contribution in [0.2, 0.25) is 0 Å². The number of nitrogens with two attached hydrogens (primary N) is 1.